The summed E-state index contributed by atoms with van der Waals surface area (Å²) in [6, 6.07) is 0. The van der Waals surface area contributed by atoms with Crippen LogP contribution in [0.25, 0.3) is 12.2 Å². The van der Waals surface area contributed by atoms with E-state index in [0.29, 0.717) is 11.0 Å². The molecule has 0 atom stereocenters. The van der Waals surface area contributed by atoms with Crippen LogP contribution in [0.4, 0.5) is 0 Å². The maximum Gasteiger partial charge on any atom is 0.296 e. The molecule has 0 unspecified atom stereocenters. The van der Waals surface area contributed by atoms with Crippen molar-refractivity contribution in [3.63, 3.8) is 0 Å². The molecular weight excluding hydrogens is 154 g/mol. The van der Waals surface area contributed by atoms with E-state index >= 15 is 0 Å². The Morgan fingerprint density at radius 3 is 2.58 bits per heavy atom. The Bertz CT molecular complexity index is 436. The summed E-state index contributed by atoms with van der Waals surface area (Å²) in [5.41, 5.74) is 1.71. The Morgan fingerprint density at radius 1 is 1.67 bits per heavy atom. The molecule has 0 N–H and O–H groups in total. The van der Waals surface area contributed by atoms with Crippen LogP contribution in [0.5, 0.6) is 0 Å². The van der Waals surface area contributed by atoms with Gasteiger partial charge in [-0.05, 0) is 25.5 Å². The fourth-order valence-corrected chi connectivity index (χ4v) is 0.926. The quantitative estimate of drug-likeness (QED) is 0.588. The van der Waals surface area contributed by atoms with Crippen molar-refractivity contribution in [3.8, 4) is 0 Å². The van der Waals surface area contributed by atoms with Gasteiger partial charge in [-0.25, -0.2) is 0 Å². The Balaban J connectivity index is 3.70. The molecule has 3 nitrogen and oxygen atoms in total. The number of oxazole rings is 1. The third-order valence-electron chi connectivity index (χ3n) is 2.01. The molecule has 0 aliphatic heterocycles. The number of nitrogens with zero attached hydrogens (tertiary/aromatic N) is 1. The van der Waals surface area contributed by atoms with Crippen molar-refractivity contribution in [3.05, 3.63) is 21.3 Å². The largest absolute Gasteiger partial charge is 0.436 e. The molecule has 0 spiro atoms. The van der Waals surface area contributed by atoms with Crippen molar-refractivity contribution in [1.82, 2.24) is 4.57 Å². The van der Waals surface area contributed by atoms with Gasteiger partial charge in [0.1, 0.15) is 0 Å². The zero-order valence-electron chi connectivity index (χ0n) is 7.68. The monoisotopic (exact) mass is 167 g/mol. The van der Waals surface area contributed by atoms with Gasteiger partial charge in [-0.2, -0.15) is 0 Å². The van der Waals surface area contributed by atoms with Crippen LogP contribution in [0.15, 0.2) is 9.21 Å². The first-order chi connectivity index (χ1) is 5.57. The third-order valence-corrected chi connectivity index (χ3v) is 2.01. The summed E-state index contributed by atoms with van der Waals surface area (Å²) < 4.78 is 6.61. The van der Waals surface area contributed by atoms with Gasteiger partial charge in [-0.1, -0.05) is 6.92 Å². The van der Waals surface area contributed by atoms with Crippen molar-refractivity contribution in [2.75, 3.05) is 0 Å². The second-order valence-electron chi connectivity index (χ2n) is 2.82. The van der Waals surface area contributed by atoms with Crippen LogP contribution in [-0.2, 0) is 7.05 Å². The fraction of sp³-hybridized carbons (Fsp3) is 0.444. The zero-order chi connectivity index (χ0) is 9.30. The lowest BCUT2D eigenvalue weighted by atomic mass is 10.2. The molecule has 0 saturated heterocycles. The molecule has 0 bridgehead atoms. The van der Waals surface area contributed by atoms with Gasteiger partial charge in [0, 0.05) is 7.05 Å². The number of hydrogen-bond acceptors (Lipinski definition) is 2. The minimum absolute atomic E-state index is 0.0978. The highest BCUT2D eigenvalue weighted by atomic mass is 16.4. The minimum Gasteiger partial charge on any atom is -0.436 e. The predicted octanol–water partition coefficient (Wildman–Crippen LogP) is -0.0308. The molecule has 66 valence electrons. The average Bonchev–Trinajstić information content (AvgIpc) is 2.32. The van der Waals surface area contributed by atoms with Crippen LogP contribution in [0.1, 0.15) is 20.3 Å². The van der Waals surface area contributed by atoms with Gasteiger partial charge >= 0.3 is 0 Å². The van der Waals surface area contributed by atoms with Crippen LogP contribution in [0, 0.1) is 0 Å². The summed E-state index contributed by atoms with van der Waals surface area (Å²) in [4.78, 5) is 11.4. The second kappa shape index (κ2) is 3.01. The molecule has 0 aromatic carbocycles. The second-order valence-corrected chi connectivity index (χ2v) is 2.82. The van der Waals surface area contributed by atoms with Crippen molar-refractivity contribution in [1.29, 1.82) is 0 Å². The van der Waals surface area contributed by atoms with E-state index in [1.807, 2.05) is 13.8 Å². The predicted molar refractivity (Wildman–Crippen MR) is 48.1 cm³/mol. The number of rotatable bonds is 1. The molecule has 1 aromatic heterocycles. The molecule has 1 heterocycles. The first-order valence-electron chi connectivity index (χ1n) is 3.92. The topological polar surface area (TPSA) is 35.1 Å². The van der Waals surface area contributed by atoms with Gasteiger partial charge in [0.2, 0.25) is 0 Å². The van der Waals surface area contributed by atoms with Gasteiger partial charge in [-0.15, -0.1) is 0 Å². The van der Waals surface area contributed by atoms with Gasteiger partial charge < -0.3 is 4.42 Å². The molecule has 0 fully saturated rings. The molecule has 12 heavy (non-hydrogen) atoms. The summed E-state index contributed by atoms with van der Waals surface area (Å²) >= 11 is 0. The smallest absolute Gasteiger partial charge is 0.296 e. The Hall–Kier alpha value is -1.25. The van der Waals surface area contributed by atoms with Crippen molar-refractivity contribution in [2.45, 2.75) is 20.3 Å². The molecule has 1 aromatic rings. The van der Waals surface area contributed by atoms with Crippen LogP contribution in [-0.4, -0.2) is 4.57 Å². The lowest BCUT2D eigenvalue weighted by molar-refractivity contribution is 0.474. The normalized spacial score (nSPS) is 13.2. The maximum absolute atomic E-state index is 11.4. The molecule has 1 rings (SSSR count). The number of hydrogen-bond donors (Lipinski definition) is 0. The third kappa shape index (κ3) is 1.22. The molecule has 0 aliphatic rings. The highest BCUT2D eigenvalue weighted by Crippen LogP contribution is 1.92. The Morgan fingerprint density at radius 2 is 2.25 bits per heavy atom. The summed E-state index contributed by atoms with van der Waals surface area (Å²) in [5.74, 6) is 0. The van der Waals surface area contributed by atoms with Crippen molar-refractivity contribution < 1.29 is 4.42 Å². The molecule has 0 radical (unpaired) electrons. The molecule has 0 aliphatic carbocycles. The highest BCUT2D eigenvalue weighted by Gasteiger charge is 2.01. The summed E-state index contributed by atoms with van der Waals surface area (Å²) in [5, 5.41) is 0. The van der Waals surface area contributed by atoms with Gasteiger partial charge in [-0.3, -0.25) is 9.36 Å². The van der Waals surface area contributed by atoms with Gasteiger partial charge in [0.25, 0.3) is 5.56 Å². The van der Waals surface area contributed by atoms with Crippen LogP contribution < -0.4 is 16.5 Å². The molecule has 0 amide bonds. The Kier molecular flexibility index (Phi) is 2.22. The Labute approximate surface area is 70.6 Å². The van der Waals surface area contributed by atoms with Crippen LogP contribution in [0.2, 0.25) is 0 Å². The highest BCUT2D eigenvalue weighted by molar-refractivity contribution is 5.36. The first kappa shape index (κ1) is 8.84. The first-order valence-corrected chi connectivity index (χ1v) is 3.92. The van der Waals surface area contributed by atoms with E-state index < -0.39 is 0 Å². The van der Waals surface area contributed by atoms with E-state index in [4.69, 9.17) is 4.42 Å². The molecular formula is C9H13NO2. The fourth-order valence-electron chi connectivity index (χ4n) is 0.926. The SMILES string of the molecule is C=c1o/c(=C(\C)CC)c(=O)n1C. The number of aromatic nitrogens is 1. The summed E-state index contributed by atoms with van der Waals surface area (Å²) in [6.45, 7) is 7.48. The van der Waals surface area contributed by atoms with E-state index in [0.717, 1.165) is 12.0 Å². The maximum atomic E-state index is 11.4. The van der Waals surface area contributed by atoms with E-state index in [-0.39, 0.29) is 5.56 Å². The van der Waals surface area contributed by atoms with Crippen LogP contribution in [0.3, 0.4) is 0 Å². The van der Waals surface area contributed by atoms with E-state index in [9.17, 15) is 4.79 Å². The van der Waals surface area contributed by atoms with Gasteiger partial charge in [0.15, 0.2) is 11.0 Å². The lowest BCUT2D eigenvalue weighted by Crippen LogP contribution is -2.29. The standard InChI is InChI=1S/C9H13NO2/c1-5-6(2)8-9(11)10(4)7(3)12-8/h3,5H2,1-2,4H3/b8-6+. The summed E-state index contributed by atoms with van der Waals surface area (Å²) in [6.07, 6.45) is 0.822. The van der Waals surface area contributed by atoms with Gasteiger partial charge in [0.05, 0.1) is 0 Å². The average molecular weight is 167 g/mol. The van der Waals surface area contributed by atoms with Crippen molar-refractivity contribution in [2.24, 2.45) is 7.05 Å². The minimum atomic E-state index is -0.0978. The lowest BCUT2D eigenvalue weighted by Gasteiger charge is -1.85. The van der Waals surface area contributed by atoms with Crippen LogP contribution >= 0.6 is 0 Å². The van der Waals surface area contributed by atoms with E-state index in [1.165, 1.54) is 4.57 Å². The van der Waals surface area contributed by atoms with Crippen molar-refractivity contribution >= 4 is 12.2 Å². The molecule has 0 saturated carbocycles. The van der Waals surface area contributed by atoms with E-state index in [1.54, 1.807) is 7.05 Å². The van der Waals surface area contributed by atoms with E-state index in [2.05, 4.69) is 6.58 Å². The summed E-state index contributed by atoms with van der Waals surface area (Å²) in [7, 11) is 1.65. The molecule has 3 heteroatoms. The zero-order valence-corrected chi connectivity index (χ0v) is 7.68.